The van der Waals surface area contributed by atoms with Crippen LogP contribution in [0.4, 0.5) is 8.78 Å². The zero-order valence-corrected chi connectivity index (χ0v) is 13.9. The summed E-state index contributed by atoms with van der Waals surface area (Å²) in [5.41, 5.74) is 2.34. The molecule has 2 nitrogen and oxygen atoms in total. The minimum atomic E-state index is -2.47. The van der Waals surface area contributed by atoms with E-state index in [0.29, 0.717) is 19.0 Å². The fourth-order valence-corrected chi connectivity index (χ4v) is 3.31. The quantitative estimate of drug-likeness (QED) is 0.817. The molecule has 3 rings (SSSR count). The highest BCUT2D eigenvalue weighted by Gasteiger charge is 2.33. The molecule has 1 aromatic heterocycles. The predicted octanol–water partition coefficient (Wildman–Crippen LogP) is 4.63. The molecule has 2 aromatic rings. The van der Waals surface area contributed by atoms with Gasteiger partial charge in [-0.25, -0.2) is 8.78 Å². The van der Waals surface area contributed by atoms with Gasteiger partial charge in [-0.3, -0.25) is 4.98 Å². The Morgan fingerprint density at radius 3 is 2.43 bits per heavy atom. The number of aromatic nitrogens is 1. The topological polar surface area (TPSA) is 16.1 Å². The Morgan fingerprint density at radius 1 is 1.13 bits per heavy atom. The van der Waals surface area contributed by atoms with Crippen molar-refractivity contribution in [3.8, 4) is 0 Å². The predicted molar refractivity (Wildman–Crippen MR) is 90.2 cm³/mol. The summed E-state index contributed by atoms with van der Waals surface area (Å²) < 4.78 is 26.5. The Morgan fingerprint density at radius 2 is 1.78 bits per heavy atom. The normalized spacial score (nSPS) is 18.7. The number of benzene rings is 1. The van der Waals surface area contributed by atoms with Crippen LogP contribution in [0.3, 0.4) is 0 Å². The van der Waals surface area contributed by atoms with Crippen LogP contribution in [0.2, 0.25) is 0 Å². The summed E-state index contributed by atoms with van der Waals surface area (Å²) >= 11 is 0. The van der Waals surface area contributed by atoms with Crippen LogP contribution in [0.1, 0.15) is 43.9 Å². The molecule has 0 saturated carbocycles. The first-order chi connectivity index (χ1) is 11.0. The van der Waals surface area contributed by atoms with Crippen molar-refractivity contribution < 1.29 is 8.78 Å². The lowest BCUT2D eigenvalue weighted by atomic mass is 9.98. The van der Waals surface area contributed by atoms with Crippen LogP contribution in [0.15, 0.2) is 30.5 Å². The molecule has 1 aromatic carbocycles. The van der Waals surface area contributed by atoms with Gasteiger partial charge in [-0.05, 0) is 23.3 Å². The van der Waals surface area contributed by atoms with Gasteiger partial charge in [0, 0.05) is 44.1 Å². The van der Waals surface area contributed by atoms with Gasteiger partial charge in [0.25, 0.3) is 5.92 Å². The van der Waals surface area contributed by atoms with Crippen LogP contribution in [0.25, 0.3) is 10.8 Å². The zero-order chi connectivity index (χ0) is 16.4. The van der Waals surface area contributed by atoms with E-state index in [1.54, 1.807) is 0 Å². The van der Waals surface area contributed by atoms with Gasteiger partial charge in [0.05, 0.1) is 5.69 Å². The van der Waals surface area contributed by atoms with Crippen LogP contribution in [0.5, 0.6) is 0 Å². The maximum absolute atomic E-state index is 13.2. The lowest BCUT2D eigenvalue weighted by Gasteiger charge is -2.31. The first-order valence-corrected chi connectivity index (χ1v) is 8.43. The molecular weight excluding hydrogens is 294 g/mol. The summed E-state index contributed by atoms with van der Waals surface area (Å²) in [6.07, 6.45) is 2.80. The Bertz CT molecular complexity index is 672. The molecule has 0 N–H and O–H groups in total. The van der Waals surface area contributed by atoms with E-state index in [1.165, 1.54) is 16.3 Å². The third kappa shape index (κ3) is 3.69. The van der Waals surface area contributed by atoms with Crippen molar-refractivity contribution in [3.63, 3.8) is 0 Å². The van der Waals surface area contributed by atoms with Gasteiger partial charge in [-0.1, -0.05) is 38.1 Å². The maximum atomic E-state index is 13.2. The molecule has 0 spiro atoms. The third-order valence-electron chi connectivity index (χ3n) is 4.74. The van der Waals surface area contributed by atoms with E-state index in [-0.39, 0.29) is 12.8 Å². The van der Waals surface area contributed by atoms with Crippen LogP contribution >= 0.6 is 0 Å². The lowest BCUT2D eigenvalue weighted by molar-refractivity contribution is -0.0547. The number of halogens is 2. The minimum Gasteiger partial charge on any atom is -0.303 e. The minimum absolute atomic E-state index is 0.0156. The third-order valence-corrected chi connectivity index (χ3v) is 4.74. The number of hydrogen-bond donors (Lipinski definition) is 0. The Hall–Kier alpha value is -1.55. The Labute approximate surface area is 136 Å². The van der Waals surface area contributed by atoms with Gasteiger partial charge in [-0.15, -0.1) is 0 Å². The first-order valence-electron chi connectivity index (χ1n) is 8.43. The van der Waals surface area contributed by atoms with E-state index < -0.39 is 5.92 Å². The van der Waals surface area contributed by atoms with Crippen molar-refractivity contribution in [2.45, 2.75) is 45.0 Å². The summed E-state index contributed by atoms with van der Waals surface area (Å²) in [7, 11) is 0. The summed E-state index contributed by atoms with van der Waals surface area (Å²) in [4.78, 5) is 6.80. The van der Waals surface area contributed by atoms with Crippen molar-refractivity contribution >= 4 is 10.8 Å². The largest absolute Gasteiger partial charge is 0.303 e. The fraction of sp³-hybridized carbons (Fsp3) is 0.526. The molecule has 23 heavy (non-hydrogen) atoms. The number of likely N-dealkylation sites (tertiary alicyclic amines) is 1. The van der Waals surface area contributed by atoms with Crippen LogP contribution in [-0.4, -0.2) is 35.4 Å². The second-order valence-electron chi connectivity index (χ2n) is 6.82. The van der Waals surface area contributed by atoms with Crippen molar-refractivity contribution in [1.29, 1.82) is 0 Å². The Kier molecular flexibility index (Phi) is 4.62. The van der Waals surface area contributed by atoms with Crippen molar-refractivity contribution in [3.05, 3.63) is 41.7 Å². The first kappa shape index (κ1) is 16.3. The highest BCUT2D eigenvalue weighted by atomic mass is 19.3. The van der Waals surface area contributed by atoms with Crippen LogP contribution in [-0.2, 0) is 6.42 Å². The molecule has 0 unspecified atom stereocenters. The van der Waals surface area contributed by atoms with Crippen LogP contribution < -0.4 is 0 Å². The summed E-state index contributed by atoms with van der Waals surface area (Å²) in [5, 5.41) is 2.46. The summed E-state index contributed by atoms with van der Waals surface area (Å²) in [6, 6.07) is 8.37. The van der Waals surface area contributed by atoms with E-state index in [9.17, 15) is 8.78 Å². The molecule has 2 heterocycles. The van der Waals surface area contributed by atoms with Crippen molar-refractivity contribution in [2.75, 3.05) is 19.6 Å². The fourth-order valence-electron chi connectivity index (χ4n) is 3.31. The van der Waals surface area contributed by atoms with E-state index >= 15 is 0 Å². The molecule has 0 bridgehead atoms. The van der Waals surface area contributed by atoms with Gasteiger partial charge < -0.3 is 4.90 Å². The van der Waals surface area contributed by atoms with E-state index in [0.717, 1.165) is 18.7 Å². The molecule has 0 aliphatic carbocycles. The molecule has 1 fully saturated rings. The van der Waals surface area contributed by atoms with Gasteiger partial charge in [-0.2, -0.15) is 0 Å². The molecular formula is C19H24F2N2. The smallest absolute Gasteiger partial charge is 0.250 e. The molecule has 4 heteroatoms. The summed E-state index contributed by atoms with van der Waals surface area (Å²) in [6.45, 7) is 6.11. The molecule has 1 aliphatic heterocycles. The average molecular weight is 318 g/mol. The molecule has 0 radical (unpaired) electrons. The van der Waals surface area contributed by atoms with E-state index in [2.05, 4.69) is 41.9 Å². The second kappa shape index (κ2) is 6.52. The number of pyridine rings is 1. The highest BCUT2D eigenvalue weighted by molar-refractivity contribution is 5.87. The number of rotatable bonds is 4. The Balaban J connectivity index is 1.75. The van der Waals surface area contributed by atoms with E-state index in [4.69, 9.17) is 0 Å². The van der Waals surface area contributed by atoms with Gasteiger partial charge in [0.2, 0.25) is 0 Å². The van der Waals surface area contributed by atoms with Crippen LogP contribution in [0, 0.1) is 0 Å². The second-order valence-corrected chi connectivity index (χ2v) is 6.82. The maximum Gasteiger partial charge on any atom is 0.250 e. The molecule has 124 valence electrons. The lowest BCUT2D eigenvalue weighted by Crippen LogP contribution is -2.40. The van der Waals surface area contributed by atoms with Gasteiger partial charge in [0.1, 0.15) is 0 Å². The van der Waals surface area contributed by atoms with E-state index in [1.807, 2.05) is 12.3 Å². The monoisotopic (exact) mass is 318 g/mol. The number of nitrogens with zero attached hydrogens (tertiary/aromatic N) is 2. The number of piperidine rings is 1. The molecule has 1 saturated heterocycles. The standard InChI is InChI=1S/C19H24F2N2/c1-14(2)18-17-6-4-3-5-16(17)15(13-22-18)7-10-23-11-8-19(20,21)9-12-23/h3-6,13-14H,7-12H2,1-2H3. The van der Waals surface area contributed by atoms with Crippen molar-refractivity contribution in [2.24, 2.45) is 0 Å². The SMILES string of the molecule is CC(C)c1ncc(CCN2CCC(F)(F)CC2)c2ccccc12. The molecule has 0 atom stereocenters. The van der Waals surface area contributed by atoms with Gasteiger partial charge >= 0.3 is 0 Å². The molecule has 1 aliphatic rings. The number of alkyl halides is 2. The average Bonchev–Trinajstić information content (AvgIpc) is 2.53. The zero-order valence-electron chi connectivity index (χ0n) is 13.9. The number of fused-ring (bicyclic) bond motifs is 1. The van der Waals surface area contributed by atoms with Crippen molar-refractivity contribution in [1.82, 2.24) is 9.88 Å². The molecule has 0 amide bonds. The van der Waals surface area contributed by atoms with Gasteiger partial charge in [0.15, 0.2) is 0 Å². The summed E-state index contributed by atoms with van der Waals surface area (Å²) in [5.74, 6) is -2.08. The number of hydrogen-bond acceptors (Lipinski definition) is 2. The highest BCUT2D eigenvalue weighted by Crippen LogP contribution is 2.29.